The van der Waals surface area contributed by atoms with E-state index in [1.165, 1.54) is 22.3 Å². The second-order valence-corrected chi connectivity index (χ2v) is 5.86. The molecule has 0 spiro atoms. The highest BCUT2D eigenvalue weighted by atomic mass is 16.5. The zero-order chi connectivity index (χ0) is 15.0. The summed E-state index contributed by atoms with van der Waals surface area (Å²) in [7, 11) is 1.74. The first-order chi connectivity index (χ1) is 10.0. The van der Waals surface area contributed by atoms with Gasteiger partial charge in [-0.2, -0.15) is 5.10 Å². The van der Waals surface area contributed by atoms with Crippen molar-refractivity contribution in [2.75, 3.05) is 7.11 Å². The number of methoxy groups -OCH3 is 1. The van der Waals surface area contributed by atoms with Gasteiger partial charge in [0.05, 0.1) is 17.3 Å². The Hall–Kier alpha value is -2.13. The monoisotopic (exact) mass is 280 g/mol. The van der Waals surface area contributed by atoms with E-state index in [1.54, 1.807) is 7.11 Å². The summed E-state index contributed by atoms with van der Waals surface area (Å²) in [6, 6.07) is 12.8. The Morgan fingerprint density at radius 1 is 1.05 bits per heavy atom. The molecule has 0 radical (unpaired) electrons. The van der Waals surface area contributed by atoms with Crippen LogP contribution in [-0.4, -0.2) is 16.7 Å². The van der Waals surface area contributed by atoms with Gasteiger partial charge in [-0.3, -0.25) is 0 Å². The van der Waals surface area contributed by atoms with E-state index in [2.05, 4.69) is 62.3 Å². The lowest BCUT2D eigenvalue weighted by Gasteiger charge is -2.23. The molecular weight excluding hydrogens is 260 g/mol. The minimum absolute atomic E-state index is 0.259. The first-order valence-electron chi connectivity index (χ1n) is 7.11. The van der Waals surface area contributed by atoms with Gasteiger partial charge in [0.15, 0.2) is 0 Å². The van der Waals surface area contributed by atoms with E-state index in [9.17, 15) is 0 Å². The Labute approximate surface area is 125 Å². The Bertz CT molecular complexity index is 770. The van der Waals surface area contributed by atoms with Gasteiger partial charge in [0.2, 0.25) is 0 Å². The van der Waals surface area contributed by atoms with Gasteiger partial charge in [0.1, 0.15) is 0 Å². The highest BCUT2D eigenvalue weighted by Crippen LogP contribution is 2.27. The number of pyridine rings is 1. The molecule has 108 valence electrons. The predicted molar refractivity (Wildman–Crippen MR) is 85.4 cm³/mol. The smallest absolute Gasteiger partial charge is 0.0871 e. The van der Waals surface area contributed by atoms with E-state index in [0.29, 0.717) is 0 Å². The van der Waals surface area contributed by atoms with Crippen LogP contribution in [0.15, 0.2) is 48.8 Å². The molecule has 0 saturated heterocycles. The third-order valence-electron chi connectivity index (χ3n) is 4.14. The van der Waals surface area contributed by atoms with E-state index in [1.807, 2.05) is 16.9 Å². The Balaban J connectivity index is 2.00. The van der Waals surface area contributed by atoms with E-state index >= 15 is 0 Å². The molecule has 3 rings (SSSR count). The fourth-order valence-corrected chi connectivity index (χ4v) is 2.46. The molecule has 0 aliphatic carbocycles. The summed E-state index contributed by atoms with van der Waals surface area (Å²) < 4.78 is 7.42. The zero-order valence-corrected chi connectivity index (χ0v) is 12.9. The molecule has 0 atom stereocenters. The largest absolute Gasteiger partial charge is 0.374 e. The van der Waals surface area contributed by atoms with Crippen molar-refractivity contribution in [2.24, 2.45) is 0 Å². The number of nitrogens with zero attached hydrogens (tertiary/aromatic N) is 2. The normalized spacial score (nSPS) is 12.0. The van der Waals surface area contributed by atoms with Gasteiger partial charge in [0, 0.05) is 13.3 Å². The summed E-state index contributed by atoms with van der Waals surface area (Å²) in [4.78, 5) is 0. The van der Waals surface area contributed by atoms with Gasteiger partial charge in [-0.05, 0) is 55.2 Å². The second kappa shape index (κ2) is 5.01. The van der Waals surface area contributed by atoms with Crippen molar-refractivity contribution in [1.82, 2.24) is 9.61 Å². The first kappa shape index (κ1) is 13.8. The molecule has 0 aliphatic heterocycles. The number of aryl methyl sites for hydroxylation is 1. The fourth-order valence-electron chi connectivity index (χ4n) is 2.46. The molecule has 2 aromatic heterocycles. The molecule has 3 aromatic rings. The van der Waals surface area contributed by atoms with Gasteiger partial charge in [-0.15, -0.1) is 0 Å². The van der Waals surface area contributed by atoms with Crippen LogP contribution in [0, 0.1) is 6.92 Å². The molecule has 0 bridgehead atoms. The van der Waals surface area contributed by atoms with Crippen LogP contribution in [0.3, 0.4) is 0 Å². The van der Waals surface area contributed by atoms with Gasteiger partial charge in [0.25, 0.3) is 0 Å². The lowest BCUT2D eigenvalue weighted by molar-refractivity contribution is 0.0192. The van der Waals surface area contributed by atoms with Crippen molar-refractivity contribution in [3.8, 4) is 11.1 Å². The van der Waals surface area contributed by atoms with Crippen LogP contribution in [0.1, 0.15) is 25.0 Å². The van der Waals surface area contributed by atoms with Gasteiger partial charge >= 0.3 is 0 Å². The van der Waals surface area contributed by atoms with E-state index < -0.39 is 0 Å². The van der Waals surface area contributed by atoms with Crippen LogP contribution >= 0.6 is 0 Å². The lowest BCUT2D eigenvalue weighted by atomic mass is 9.95. The maximum Gasteiger partial charge on any atom is 0.0871 e. The number of ether oxygens (including phenoxy) is 1. The van der Waals surface area contributed by atoms with Crippen LogP contribution in [0.2, 0.25) is 0 Å². The average Bonchev–Trinajstić information content (AvgIpc) is 2.88. The number of rotatable bonds is 3. The molecule has 0 fully saturated rings. The highest BCUT2D eigenvalue weighted by molar-refractivity contribution is 5.70. The van der Waals surface area contributed by atoms with Crippen molar-refractivity contribution < 1.29 is 4.74 Å². The molecule has 0 saturated carbocycles. The van der Waals surface area contributed by atoms with Crippen LogP contribution in [0.5, 0.6) is 0 Å². The van der Waals surface area contributed by atoms with E-state index in [4.69, 9.17) is 4.74 Å². The molecule has 0 aliphatic rings. The maximum absolute atomic E-state index is 5.52. The van der Waals surface area contributed by atoms with Gasteiger partial charge < -0.3 is 4.74 Å². The van der Waals surface area contributed by atoms with E-state index in [-0.39, 0.29) is 5.60 Å². The maximum atomic E-state index is 5.52. The Morgan fingerprint density at radius 3 is 2.43 bits per heavy atom. The standard InChI is InChI=1S/C18H20N2O/c1-13-12-19-20-10-9-15(11-17(13)20)14-5-7-16(8-6-14)18(2,3)21-4/h5-12H,1-4H3. The van der Waals surface area contributed by atoms with Crippen molar-refractivity contribution in [3.63, 3.8) is 0 Å². The second-order valence-electron chi connectivity index (χ2n) is 5.86. The minimum Gasteiger partial charge on any atom is -0.374 e. The Morgan fingerprint density at radius 2 is 1.76 bits per heavy atom. The highest BCUT2D eigenvalue weighted by Gasteiger charge is 2.18. The number of benzene rings is 1. The summed E-state index contributed by atoms with van der Waals surface area (Å²) in [6.07, 6.45) is 3.90. The van der Waals surface area contributed by atoms with Crippen LogP contribution in [-0.2, 0) is 10.3 Å². The van der Waals surface area contributed by atoms with Crippen molar-refractivity contribution in [2.45, 2.75) is 26.4 Å². The molecule has 2 heterocycles. The fraction of sp³-hybridized carbons (Fsp3) is 0.278. The summed E-state index contributed by atoms with van der Waals surface area (Å²) in [5.41, 5.74) is 5.66. The van der Waals surface area contributed by atoms with Crippen molar-refractivity contribution in [1.29, 1.82) is 0 Å². The number of hydrogen-bond donors (Lipinski definition) is 0. The molecule has 0 N–H and O–H groups in total. The van der Waals surface area contributed by atoms with Crippen molar-refractivity contribution in [3.05, 3.63) is 59.9 Å². The Kier molecular flexibility index (Phi) is 3.30. The molecule has 0 unspecified atom stereocenters. The quantitative estimate of drug-likeness (QED) is 0.719. The molecule has 21 heavy (non-hydrogen) atoms. The number of aromatic nitrogens is 2. The SMILES string of the molecule is COC(C)(C)c1ccc(-c2ccn3ncc(C)c3c2)cc1. The topological polar surface area (TPSA) is 26.5 Å². The summed E-state index contributed by atoms with van der Waals surface area (Å²) in [6.45, 7) is 6.23. The summed E-state index contributed by atoms with van der Waals surface area (Å²) >= 11 is 0. The number of fused-ring (bicyclic) bond motifs is 1. The zero-order valence-electron chi connectivity index (χ0n) is 12.9. The summed E-state index contributed by atoms with van der Waals surface area (Å²) in [5.74, 6) is 0. The van der Waals surface area contributed by atoms with Crippen LogP contribution in [0.4, 0.5) is 0 Å². The predicted octanol–water partition coefficient (Wildman–Crippen LogP) is 4.19. The third kappa shape index (κ3) is 2.45. The number of hydrogen-bond acceptors (Lipinski definition) is 2. The molecule has 1 aromatic carbocycles. The van der Waals surface area contributed by atoms with Crippen LogP contribution in [0.25, 0.3) is 16.6 Å². The molecule has 3 heteroatoms. The van der Waals surface area contributed by atoms with Gasteiger partial charge in [-0.25, -0.2) is 4.52 Å². The molecule has 3 nitrogen and oxygen atoms in total. The third-order valence-corrected chi connectivity index (χ3v) is 4.14. The van der Waals surface area contributed by atoms with Crippen molar-refractivity contribution >= 4 is 5.52 Å². The summed E-state index contributed by atoms with van der Waals surface area (Å²) in [5, 5.41) is 4.31. The lowest BCUT2D eigenvalue weighted by Crippen LogP contribution is -2.19. The minimum atomic E-state index is -0.259. The van der Waals surface area contributed by atoms with E-state index in [0.717, 1.165) is 5.52 Å². The molecule has 0 amide bonds. The van der Waals surface area contributed by atoms with Gasteiger partial charge in [-0.1, -0.05) is 24.3 Å². The average molecular weight is 280 g/mol. The first-order valence-corrected chi connectivity index (χ1v) is 7.11. The van der Waals surface area contributed by atoms with Crippen LogP contribution < -0.4 is 0 Å². The molecular formula is C18H20N2O.